The van der Waals surface area contributed by atoms with Gasteiger partial charge in [-0.2, -0.15) is 0 Å². The molecule has 0 saturated carbocycles. The highest BCUT2D eigenvalue weighted by atomic mass is 16.5. The van der Waals surface area contributed by atoms with Crippen LogP contribution in [-0.4, -0.2) is 32.0 Å². The van der Waals surface area contributed by atoms with Crippen LogP contribution in [0.5, 0.6) is 11.5 Å². The number of hydrogen-bond donors (Lipinski definition) is 1. The van der Waals surface area contributed by atoms with Gasteiger partial charge in [-0.15, -0.1) is 6.42 Å². The van der Waals surface area contributed by atoms with Crippen LogP contribution in [0.25, 0.3) is 0 Å². The molecule has 0 spiro atoms. The summed E-state index contributed by atoms with van der Waals surface area (Å²) in [6.07, 6.45) is 13.5. The SMILES string of the molecule is C#CC(O)(c1ccc(OC)cc1OC)C1(OC)C=CC=CC1. The summed E-state index contributed by atoms with van der Waals surface area (Å²) in [5.41, 5.74) is -2.28. The summed E-state index contributed by atoms with van der Waals surface area (Å²) in [4.78, 5) is 0. The topological polar surface area (TPSA) is 47.9 Å². The largest absolute Gasteiger partial charge is 0.497 e. The number of ether oxygens (including phenoxy) is 3. The third kappa shape index (κ3) is 2.39. The summed E-state index contributed by atoms with van der Waals surface area (Å²) in [6, 6.07) is 5.11. The maximum absolute atomic E-state index is 11.3. The molecule has 4 nitrogen and oxygen atoms in total. The van der Waals surface area contributed by atoms with E-state index in [1.54, 1.807) is 31.4 Å². The average Bonchev–Trinajstić information content (AvgIpc) is 2.60. The van der Waals surface area contributed by atoms with Gasteiger partial charge >= 0.3 is 0 Å². The molecule has 1 aliphatic carbocycles. The molecule has 2 rings (SSSR count). The van der Waals surface area contributed by atoms with Crippen LogP contribution in [0, 0.1) is 12.3 Å². The second-order valence-corrected chi connectivity index (χ2v) is 5.01. The lowest BCUT2D eigenvalue weighted by Gasteiger charge is -2.42. The van der Waals surface area contributed by atoms with Gasteiger partial charge in [0.05, 0.1) is 14.2 Å². The molecule has 1 aromatic rings. The number of rotatable bonds is 5. The minimum Gasteiger partial charge on any atom is -0.497 e. The zero-order chi connectivity index (χ0) is 16.2. The van der Waals surface area contributed by atoms with E-state index in [9.17, 15) is 5.11 Å². The Bertz CT molecular complexity index is 641. The summed E-state index contributed by atoms with van der Waals surface area (Å²) in [7, 11) is 4.61. The van der Waals surface area contributed by atoms with Crippen LogP contribution in [-0.2, 0) is 10.3 Å². The molecule has 116 valence electrons. The summed E-state index contributed by atoms with van der Waals surface area (Å²) < 4.78 is 16.2. The lowest BCUT2D eigenvalue weighted by molar-refractivity contribution is -0.113. The summed E-state index contributed by atoms with van der Waals surface area (Å²) in [5, 5.41) is 11.3. The summed E-state index contributed by atoms with van der Waals surface area (Å²) >= 11 is 0. The van der Waals surface area contributed by atoms with Crippen molar-refractivity contribution in [2.45, 2.75) is 17.6 Å². The molecule has 2 unspecified atom stereocenters. The lowest BCUT2D eigenvalue weighted by Crippen LogP contribution is -2.51. The normalized spacial score (nSPS) is 22.7. The van der Waals surface area contributed by atoms with E-state index in [0.29, 0.717) is 23.5 Å². The van der Waals surface area contributed by atoms with E-state index in [0.717, 1.165) is 0 Å². The molecule has 0 saturated heterocycles. The van der Waals surface area contributed by atoms with Crippen LogP contribution in [0.4, 0.5) is 0 Å². The summed E-state index contributed by atoms with van der Waals surface area (Å²) in [6.45, 7) is 0. The lowest BCUT2D eigenvalue weighted by atomic mass is 9.74. The zero-order valence-electron chi connectivity index (χ0n) is 13.0. The minimum atomic E-state index is -1.68. The van der Waals surface area contributed by atoms with Gasteiger partial charge in [-0.05, 0) is 18.2 Å². The first-order valence-corrected chi connectivity index (χ1v) is 6.89. The molecular formula is C18H20O4. The number of benzene rings is 1. The number of aliphatic hydroxyl groups is 1. The molecule has 4 heteroatoms. The molecule has 1 aromatic carbocycles. The van der Waals surface area contributed by atoms with Gasteiger partial charge in [0.1, 0.15) is 17.1 Å². The van der Waals surface area contributed by atoms with E-state index >= 15 is 0 Å². The first-order valence-electron chi connectivity index (χ1n) is 6.89. The Morgan fingerprint density at radius 2 is 2.00 bits per heavy atom. The van der Waals surface area contributed by atoms with Gasteiger partial charge in [-0.25, -0.2) is 0 Å². The molecule has 0 amide bonds. The Morgan fingerprint density at radius 1 is 1.23 bits per heavy atom. The van der Waals surface area contributed by atoms with Crippen LogP contribution in [0.3, 0.4) is 0 Å². The summed E-state index contributed by atoms with van der Waals surface area (Å²) in [5.74, 6) is 3.55. The average molecular weight is 300 g/mol. The fraction of sp³-hybridized carbons (Fsp3) is 0.333. The standard InChI is InChI=1S/C18H20O4/c1-5-18(19,17(22-4)11-7-6-8-12-17)15-10-9-14(20-2)13-16(15)21-3/h1,6-11,13,19H,12H2,2-4H3. The maximum atomic E-state index is 11.3. The van der Waals surface area contributed by atoms with Gasteiger partial charge in [-0.1, -0.05) is 24.1 Å². The van der Waals surface area contributed by atoms with E-state index in [-0.39, 0.29) is 0 Å². The number of allylic oxidation sites excluding steroid dienone is 2. The molecule has 2 atom stereocenters. The van der Waals surface area contributed by atoms with Crippen LogP contribution in [0.1, 0.15) is 12.0 Å². The van der Waals surface area contributed by atoms with Crippen molar-refractivity contribution in [1.82, 2.24) is 0 Å². The predicted octanol–water partition coefficient (Wildman–Crippen LogP) is 2.43. The van der Waals surface area contributed by atoms with Crippen molar-refractivity contribution >= 4 is 0 Å². The van der Waals surface area contributed by atoms with Gasteiger partial charge in [0, 0.05) is 25.2 Å². The van der Waals surface area contributed by atoms with Crippen LogP contribution < -0.4 is 9.47 Å². The van der Waals surface area contributed by atoms with Gasteiger partial charge in [-0.3, -0.25) is 0 Å². The predicted molar refractivity (Wildman–Crippen MR) is 84.9 cm³/mol. The van der Waals surface area contributed by atoms with Gasteiger partial charge < -0.3 is 19.3 Å². The Labute approximate surface area is 131 Å². The Kier molecular flexibility index (Phi) is 4.60. The van der Waals surface area contributed by atoms with E-state index in [1.165, 1.54) is 14.2 Å². The van der Waals surface area contributed by atoms with Gasteiger partial charge in [0.2, 0.25) is 0 Å². The second kappa shape index (κ2) is 6.27. The van der Waals surface area contributed by atoms with Crippen molar-refractivity contribution < 1.29 is 19.3 Å². The van der Waals surface area contributed by atoms with Gasteiger partial charge in [0.15, 0.2) is 5.60 Å². The first kappa shape index (κ1) is 16.2. The molecule has 0 radical (unpaired) electrons. The molecule has 22 heavy (non-hydrogen) atoms. The third-order valence-electron chi connectivity index (χ3n) is 4.02. The van der Waals surface area contributed by atoms with Crippen molar-refractivity contribution in [2.75, 3.05) is 21.3 Å². The molecular weight excluding hydrogens is 280 g/mol. The van der Waals surface area contributed by atoms with Crippen LogP contribution in [0.2, 0.25) is 0 Å². The molecule has 1 N–H and O–H groups in total. The third-order valence-corrected chi connectivity index (χ3v) is 4.02. The Hall–Kier alpha value is -2.22. The van der Waals surface area contributed by atoms with E-state index in [1.807, 2.05) is 18.2 Å². The van der Waals surface area contributed by atoms with Crippen molar-refractivity contribution in [2.24, 2.45) is 0 Å². The quantitative estimate of drug-likeness (QED) is 0.849. The highest BCUT2D eigenvalue weighted by Crippen LogP contribution is 2.44. The van der Waals surface area contributed by atoms with E-state index < -0.39 is 11.2 Å². The molecule has 1 aliphatic rings. The fourth-order valence-electron chi connectivity index (χ4n) is 2.69. The number of methoxy groups -OCH3 is 3. The van der Waals surface area contributed by atoms with Crippen LogP contribution >= 0.6 is 0 Å². The molecule has 0 bridgehead atoms. The second-order valence-electron chi connectivity index (χ2n) is 5.01. The van der Waals surface area contributed by atoms with E-state index in [4.69, 9.17) is 20.6 Å². The van der Waals surface area contributed by atoms with Crippen molar-refractivity contribution in [3.8, 4) is 23.8 Å². The fourth-order valence-corrected chi connectivity index (χ4v) is 2.69. The monoisotopic (exact) mass is 300 g/mol. The molecule has 0 fully saturated rings. The highest BCUT2D eigenvalue weighted by molar-refractivity contribution is 5.51. The van der Waals surface area contributed by atoms with Crippen molar-refractivity contribution in [1.29, 1.82) is 0 Å². The zero-order valence-corrected chi connectivity index (χ0v) is 13.0. The first-order chi connectivity index (χ1) is 10.6. The Balaban J connectivity index is 2.62. The minimum absolute atomic E-state index is 0.444. The van der Waals surface area contributed by atoms with Crippen LogP contribution in [0.15, 0.2) is 42.5 Å². The van der Waals surface area contributed by atoms with E-state index in [2.05, 4.69) is 5.92 Å². The molecule has 0 aromatic heterocycles. The Morgan fingerprint density at radius 3 is 2.50 bits per heavy atom. The van der Waals surface area contributed by atoms with Gasteiger partial charge in [0.25, 0.3) is 0 Å². The van der Waals surface area contributed by atoms with Crippen molar-refractivity contribution in [3.63, 3.8) is 0 Å². The maximum Gasteiger partial charge on any atom is 0.187 e. The molecule has 0 heterocycles. The number of terminal acetylenes is 1. The van der Waals surface area contributed by atoms with Crippen molar-refractivity contribution in [3.05, 3.63) is 48.1 Å². The highest BCUT2D eigenvalue weighted by Gasteiger charge is 2.51. The molecule has 0 aliphatic heterocycles. The number of hydrogen-bond acceptors (Lipinski definition) is 4. The smallest absolute Gasteiger partial charge is 0.187 e.